The van der Waals surface area contributed by atoms with Crippen molar-refractivity contribution < 1.29 is 19.1 Å². The van der Waals surface area contributed by atoms with E-state index in [1.54, 1.807) is 6.21 Å². The van der Waals surface area contributed by atoms with Crippen LogP contribution in [0.4, 0.5) is 0 Å². The van der Waals surface area contributed by atoms with Crippen LogP contribution in [-0.4, -0.2) is 31.2 Å². The van der Waals surface area contributed by atoms with E-state index < -0.39 is 11.3 Å². The predicted octanol–water partition coefficient (Wildman–Crippen LogP) is 5.75. The number of aliphatic imine (C=N–C) groups is 1. The zero-order valence-electron chi connectivity index (χ0n) is 24.2. The summed E-state index contributed by atoms with van der Waals surface area (Å²) in [7, 11) is 0. The van der Waals surface area contributed by atoms with Gasteiger partial charge in [-0.05, 0) is 70.1 Å². The summed E-state index contributed by atoms with van der Waals surface area (Å²) in [5.74, 6) is 5.55. The first-order valence-electron chi connectivity index (χ1n) is 14.3. The Morgan fingerprint density at radius 3 is 1.82 bits per heavy atom. The first kappa shape index (κ1) is 28.6. The number of hydrogen-bond donors (Lipinski definition) is 2. The second-order valence-electron chi connectivity index (χ2n) is 10.6. The van der Waals surface area contributed by atoms with Crippen molar-refractivity contribution in [3.05, 3.63) is 155 Å². The average Bonchev–Trinajstić information content (AvgIpc) is 3.37. The number of carbonyl (C=O) groups is 2. The Kier molecular flexibility index (Phi) is 8.04. The minimum atomic E-state index is -0.618. The van der Waals surface area contributed by atoms with E-state index in [4.69, 9.17) is 15.3 Å². The smallest absolute Gasteiger partial charge is 0.283 e. The van der Waals surface area contributed by atoms with Gasteiger partial charge in [-0.3, -0.25) is 15.0 Å². The van der Waals surface area contributed by atoms with E-state index in [2.05, 4.69) is 58.9 Å². The molecule has 1 aliphatic carbocycles. The number of rotatable bonds is 9. The molecule has 0 saturated heterocycles. The third-order valence-electron chi connectivity index (χ3n) is 7.82. The Morgan fingerprint density at radius 1 is 0.727 bits per heavy atom. The van der Waals surface area contributed by atoms with Crippen molar-refractivity contribution >= 4 is 18.0 Å². The number of amides is 2. The molecule has 0 fully saturated rings. The van der Waals surface area contributed by atoms with Crippen LogP contribution in [0.25, 0.3) is 11.1 Å². The van der Waals surface area contributed by atoms with E-state index >= 15 is 0 Å². The molecule has 5 aromatic rings. The van der Waals surface area contributed by atoms with Crippen LogP contribution in [0.1, 0.15) is 33.4 Å². The molecule has 0 bridgehead atoms. The Morgan fingerprint density at radius 2 is 1.27 bits per heavy atom. The lowest BCUT2D eigenvalue weighted by molar-refractivity contribution is -0.123. The van der Waals surface area contributed by atoms with Crippen LogP contribution >= 0.6 is 0 Å². The Hall–Kier alpha value is -5.53. The SMILES string of the molecule is Cc1cccc(C=NC(=O)COc2ccc(C3(c4ccc(OCC(=O)NN)cc4)c4ccccc4-c4ccccc43)cc2)c1. The maximum Gasteiger partial charge on any atom is 0.283 e. The van der Waals surface area contributed by atoms with Gasteiger partial charge >= 0.3 is 0 Å². The number of nitrogens with zero attached hydrogens (tertiary/aromatic N) is 1. The zero-order chi connectivity index (χ0) is 30.5. The second kappa shape index (κ2) is 12.4. The molecule has 1 aliphatic rings. The highest BCUT2D eigenvalue weighted by Gasteiger charge is 2.45. The summed E-state index contributed by atoms with van der Waals surface area (Å²) in [4.78, 5) is 28.1. The lowest BCUT2D eigenvalue weighted by Gasteiger charge is -2.34. The number of fused-ring (bicyclic) bond motifs is 3. The number of aryl methyl sites for hydroxylation is 1. The van der Waals surface area contributed by atoms with Crippen molar-refractivity contribution in [1.82, 2.24) is 5.43 Å². The molecule has 0 atom stereocenters. The molecule has 3 N–H and O–H groups in total. The third kappa shape index (κ3) is 5.48. The Balaban J connectivity index is 1.32. The van der Waals surface area contributed by atoms with Crippen molar-refractivity contribution in [2.24, 2.45) is 10.8 Å². The highest BCUT2D eigenvalue weighted by Crippen LogP contribution is 2.56. The molecule has 0 heterocycles. The van der Waals surface area contributed by atoms with Crippen LogP contribution < -0.4 is 20.7 Å². The summed E-state index contributed by atoms with van der Waals surface area (Å²) in [5.41, 5.74) is 10.2. The molecule has 0 saturated carbocycles. The molecule has 0 aliphatic heterocycles. The second-order valence-corrected chi connectivity index (χ2v) is 10.6. The molecule has 0 unspecified atom stereocenters. The van der Waals surface area contributed by atoms with Crippen LogP contribution in [0.15, 0.2) is 126 Å². The number of hydrogen-bond acceptors (Lipinski definition) is 5. The maximum absolute atomic E-state index is 12.4. The van der Waals surface area contributed by atoms with Crippen LogP contribution in [0.2, 0.25) is 0 Å². The Labute approximate surface area is 256 Å². The normalized spacial score (nSPS) is 12.8. The van der Waals surface area contributed by atoms with Gasteiger partial charge in [0.25, 0.3) is 11.8 Å². The third-order valence-corrected chi connectivity index (χ3v) is 7.82. The molecule has 218 valence electrons. The zero-order valence-corrected chi connectivity index (χ0v) is 24.2. The monoisotopic (exact) mass is 581 g/mol. The van der Waals surface area contributed by atoms with Crippen LogP contribution in [0.5, 0.6) is 11.5 Å². The van der Waals surface area contributed by atoms with Crippen molar-refractivity contribution in [2.75, 3.05) is 13.2 Å². The highest BCUT2D eigenvalue weighted by atomic mass is 16.5. The summed E-state index contributed by atoms with van der Waals surface area (Å²) in [6.45, 7) is 1.66. The Bertz CT molecular complexity index is 1800. The van der Waals surface area contributed by atoms with Gasteiger partial charge in [-0.15, -0.1) is 0 Å². The lowest BCUT2D eigenvalue weighted by atomic mass is 9.68. The fraction of sp³-hybridized carbons (Fsp3) is 0.108. The predicted molar refractivity (Wildman–Crippen MR) is 171 cm³/mol. The fourth-order valence-electron chi connectivity index (χ4n) is 5.90. The maximum atomic E-state index is 12.4. The van der Waals surface area contributed by atoms with E-state index in [1.807, 2.05) is 79.7 Å². The van der Waals surface area contributed by atoms with Gasteiger partial charge in [0, 0.05) is 6.21 Å². The van der Waals surface area contributed by atoms with Gasteiger partial charge in [-0.25, -0.2) is 10.8 Å². The van der Waals surface area contributed by atoms with E-state index in [-0.39, 0.29) is 19.1 Å². The van der Waals surface area contributed by atoms with Crippen molar-refractivity contribution in [1.29, 1.82) is 0 Å². The van der Waals surface area contributed by atoms with E-state index in [0.29, 0.717) is 11.5 Å². The highest BCUT2D eigenvalue weighted by molar-refractivity contribution is 5.92. The van der Waals surface area contributed by atoms with Gasteiger partial charge in [-0.2, -0.15) is 0 Å². The number of ether oxygens (including phenoxy) is 2. The first-order valence-corrected chi connectivity index (χ1v) is 14.3. The lowest BCUT2D eigenvalue weighted by Crippen LogP contribution is -2.34. The van der Waals surface area contributed by atoms with Crippen LogP contribution in [-0.2, 0) is 15.0 Å². The molecule has 6 rings (SSSR count). The summed E-state index contributed by atoms with van der Waals surface area (Å²) >= 11 is 0. The minimum absolute atomic E-state index is 0.165. The van der Waals surface area contributed by atoms with Crippen LogP contribution in [0, 0.1) is 6.92 Å². The molecule has 0 spiro atoms. The number of hydrazine groups is 1. The fourth-order valence-corrected chi connectivity index (χ4v) is 5.90. The van der Waals surface area contributed by atoms with Gasteiger partial charge in [0.15, 0.2) is 13.2 Å². The van der Waals surface area contributed by atoms with Gasteiger partial charge in [-0.1, -0.05) is 103 Å². The molecule has 2 amide bonds. The van der Waals surface area contributed by atoms with E-state index in [1.165, 1.54) is 11.1 Å². The topological polar surface area (TPSA) is 103 Å². The molecular weight excluding hydrogens is 550 g/mol. The number of nitrogens with one attached hydrogen (secondary N) is 1. The number of nitrogens with two attached hydrogens (primary N) is 1. The molecule has 5 aromatic carbocycles. The summed E-state index contributed by atoms with van der Waals surface area (Å²) in [6.07, 6.45) is 1.56. The van der Waals surface area contributed by atoms with E-state index in [9.17, 15) is 9.59 Å². The van der Waals surface area contributed by atoms with Gasteiger partial charge in [0.2, 0.25) is 0 Å². The van der Waals surface area contributed by atoms with Gasteiger partial charge < -0.3 is 9.47 Å². The van der Waals surface area contributed by atoms with Crippen molar-refractivity contribution in [3.63, 3.8) is 0 Å². The van der Waals surface area contributed by atoms with Crippen molar-refractivity contribution in [3.8, 4) is 22.6 Å². The largest absolute Gasteiger partial charge is 0.484 e. The summed E-state index contributed by atoms with van der Waals surface area (Å²) < 4.78 is 11.4. The summed E-state index contributed by atoms with van der Waals surface area (Å²) in [6, 6.07) is 40.3. The molecule has 7 heteroatoms. The van der Waals surface area contributed by atoms with Crippen LogP contribution in [0.3, 0.4) is 0 Å². The minimum Gasteiger partial charge on any atom is -0.484 e. The molecule has 0 aromatic heterocycles. The summed E-state index contributed by atoms with van der Waals surface area (Å²) in [5, 5.41) is 0. The van der Waals surface area contributed by atoms with Gasteiger partial charge in [0.05, 0.1) is 5.41 Å². The quantitative estimate of drug-likeness (QED) is 0.0980. The van der Waals surface area contributed by atoms with Gasteiger partial charge in [0.1, 0.15) is 11.5 Å². The number of carbonyl (C=O) groups excluding carboxylic acids is 2. The average molecular weight is 582 g/mol. The molecule has 44 heavy (non-hydrogen) atoms. The number of benzene rings is 5. The van der Waals surface area contributed by atoms with Crippen molar-refractivity contribution in [2.45, 2.75) is 12.3 Å². The molecule has 0 radical (unpaired) electrons. The molecular formula is C37H31N3O4. The standard InChI is InChI=1S/C37H31N3O4/c1-25-7-6-8-26(21-25)22-39-35(41)23-43-29-17-13-27(14-18-29)37(28-15-19-30(20-16-28)44-24-36(42)40-38)33-11-4-2-9-31(33)32-10-3-5-12-34(32)37/h2-22H,23-24,38H2,1H3,(H,40,42). The first-order chi connectivity index (χ1) is 21.5. The van der Waals surface area contributed by atoms with E-state index in [0.717, 1.165) is 33.4 Å². The molecule has 7 nitrogen and oxygen atoms in total.